The minimum absolute atomic E-state index is 0.0234. The zero-order chi connectivity index (χ0) is 15.0. The number of carbonyl (C=O) groups is 2. The molecule has 1 N–H and O–H groups in total. The maximum atomic E-state index is 13.4. The zero-order valence-electron chi connectivity index (χ0n) is 10.9. The van der Waals surface area contributed by atoms with Gasteiger partial charge in [-0.05, 0) is 24.1 Å². The Balaban J connectivity index is 1.92. The molecule has 1 amide bonds. The first-order valence-corrected chi connectivity index (χ1v) is 6.32. The largest absolute Gasteiger partial charge is 0.476 e. The summed E-state index contributed by atoms with van der Waals surface area (Å²) < 4.78 is 18.3. The lowest BCUT2D eigenvalue weighted by atomic mass is 10.0. The maximum absolute atomic E-state index is 13.4. The lowest BCUT2D eigenvalue weighted by Gasteiger charge is -2.28. The third-order valence-electron chi connectivity index (χ3n) is 3.34. The fourth-order valence-corrected chi connectivity index (χ4v) is 2.33. The molecular formula is C14H11FN2O4. The van der Waals surface area contributed by atoms with Crippen LogP contribution in [0.15, 0.2) is 28.8 Å². The summed E-state index contributed by atoms with van der Waals surface area (Å²) in [5, 5.41) is 12.2. The van der Waals surface area contributed by atoms with Crippen molar-refractivity contribution in [3.8, 4) is 0 Å². The molecule has 3 rings (SSSR count). The van der Waals surface area contributed by atoms with E-state index in [1.54, 1.807) is 6.07 Å². The lowest BCUT2D eigenvalue weighted by Crippen LogP contribution is -2.34. The zero-order valence-corrected chi connectivity index (χ0v) is 10.9. The Labute approximate surface area is 118 Å². The molecule has 2 aromatic rings. The van der Waals surface area contributed by atoms with Crippen LogP contribution in [-0.4, -0.2) is 22.1 Å². The van der Waals surface area contributed by atoms with Gasteiger partial charge < -0.3 is 14.5 Å². The molecule has 0 radical (unpaired) electrons. The molecule has 6 nitrogen and oxygen atoms in total. The van der Waals surface area contributed by atoms with Crippen LogP contribution in [-0.2, 0) is 17.8 Å². The van der Waals surface area contributed by atoms with Gasteiger partial charge in [-0.3, -0.25) is 4.79 Å². The summed E-state index contributed by atoms with van der Waals surface area (Å²) in [5.74, 6) is -1.57. The van der Waals surface area contributed by atoms with E-state index in [2.05, 4.69) is 5.16 Å². The molecule has 1 aliphatic heterocycles. The van der Waals surface area contributed by atoms with Gasteiger partial charge in [-0.15, -0.1) is 0 Å². The number of carboxylic acid groups (broad SMARTS) is 1. The van der Waals surface area contributed by atoms with Crippen LogP contribution in [0.25, 0.3) is 0 Å². The lowest BCUT2D eigenvalue weighted by molar-refractivity contribution is -0.119. The number of aromatic nitrogens is 1. The van der Waals surface area contributed by atoms with Crippen LogP contribution in [0.2, 0.25) is 0 Å². The normalized spacial score (nSPS) is 14.1. The second-order valence-corrected chi connectivity index (χ2v) is 4.74. The van der Waals surface area contributed by atoms with Gasteiger partial charge in [0, 0.05) is 12.5 Å². The van der Waals surface area contributed by atoms with Crippen molar-refractivity contribution in [3.63, 3.8) is 0 Å². The van der Waals surface area contributed by atoms with Gasteiger partial charge in [0.2, 0.25) is 5.91 Å². The molecule has 0 unspecified atom stereocenters. The van der Waals surface area contributed by atoms with Crippen molar-refractivity contribution in [3.05, 3.63) is 47.1 Å². The van der Waals surface area contributed by atoms with Crippen molar-refractivity contribution < 1.29 is 23.6 Å². The van der Waals surface area contributed by atoms with E-state index in [1.807, 2.05) is 0 Å². The summed E-state index contributed by atoms with van der Waals surface area (Å²) in [6.45, 7) is 0.0234. The number of amides is 1. The number of aromatic carboxylic acids is 1. The summed E-state index contributed by atoms with van der Waals surface area (Å²) in [7, 11) is 0. The predicted molar refractivity (Wildman–Crippen MR) is 69.4 cm³/mol. The van der Waals surface area contributed by atoms with Crippen molar-refractivity contribution in [2.45, 2.75) is 19.4 Å². The average molecular weight is 290 g/mol. The van der Waals surface area contributed by atoms with Crippen LogP contribution in [0.5, 0.6) is 0 Å². The molecule has 1 aromatic heterocycles. The van der Waals surface area contributed by atoms with Crippen LogP contribution in [0, 0.1) is 5.82 Å². The molecule has 0 spiro atoms. The molecule has 2 heterocycles. The fourth-order valence-electron chi connectivity index (χ4n) is 2.33. The van der Waals surface area contributed by atoms with Gasteiger partial charge in [-0.25, -0.2) is 9.18 Å². The number of hydrogen-bond donors (Lipinski definition) is 1. The SMILES string of the molecule is O=C(O)c1cc(CN2C(=O)CCc3ccc(F)cc32)on1. The van der Waals surface area contributed by atoms with Crippen LogP contribution in [0.3, 0.4) is 0 Å². The molecule has 108 valence electrons. The molecular weight excluding hydrogens is 279 g/mol. The summed E-state index contributed by atoms with van der Waals surface area (Å²) in [6.07, 6.45) is 0.875. The number of halogens is 1. The van der Waals surface area contributed by atoms with E-state index in [1.165, 1.54) is 23.1 Å². The Hall–Kier alpha value is -2.70. The van der Waals surface area contributed by atoms with E-state index in [-0.39, 0.29) is 23.9 Å². The molecule has 0 bridgehead atoms. The van der Waals surface area contributed by atoms with Crippen molar-refractivity contribution in [1.29, 1.82) is 0 Å². The average Bonchev–Trinajstić information content (AvgIpc) is 2.91. The Morgan fingerprint density at radius 2 is 2.19 bits per heavy atom. The second kappa shape index (κ2) is 5.01. The van der Waals surface area contributed by atoms with E-state index in [9.17, 15) is 14.0 Å². The highest BCUT2D eigenvalue weighted by atomic mass is 19.1. The standard InChI is InChI=1S/C14H11FN2O4/c15-9-3-1-8-2-4-13(18)17(12(8)5-9)7-10-6-11(14(19)20)16-21-10/h1,3,5-6H,2,4,7H2,(H,19,20). The van der Waals surface area contributed by atoms with Gasteiger partial charge in [0.15, 0.2) is 11.5 Å². The summed E-state index contributed by atoms with van der Waals surface area (Å²) in [6, 6.07) is 5.54. The molecule has 0 atom stereocenters. The van der Waals surface area contributed by atoms with Gasteiger partial charge in [0.05, 0.1) is 12.2 Å². The number of hydrogen-bond acceptors (Lipinski definition) is 4. The molecule has 0 saturated carbocycles. The fraction of sp³-hybridized carbons (Fsp3) is 0.214. The summed E-state index contributed by atoms with van der Waals surface area (Å²) >= 11 is 0. The van der Waals surface area contributed by atoms with Gasteiger partial charge in [0.25, 0.3) is 0 Å². The first-order valence-electron chi connectivity index (χ1n) is 6.32. The summed E-state index contributed by atoms with van der Waals surface area (Å²) in [4.78, 5) is 24.2. The number of fused-ring (bicyclic) bond motifs is 1. The third kappa shape index (κ3) is 2.49. The van der Waals surface area contributed by atoms with Gasteiger partial charge in [-0.2, -0.15) is 0 Å². The van der Waals surface area contributed by atoms with Crippen LogP contribution in [0.1, 0.15) is 28.2 Å². The monoisotopic (exact) mass is 290 g/mol. The molecule has 0 fully saturated rings. The van der Waals surface area contributed by atoms with E-state index < -0.39 is 11.8 Å². The highest BCUT2D eigenvalue weighted by Gasteiger charge is 2.26. The molecule has 1 aliphatic rings. The minimum Gasteiger partial charge on any atom is -0.476 e. The highest BCUT2D eigenvalue weighted by Crippen LogP contribution is 2.30. The molecule has 7 heteroatoms. The Morgan fingerprint density at radius 1 is 1.38 bits per heavy atom. The highest BCUT2D eigenvalue weighted by molar-refractivity contribution is 5.96. The first-order chi connectivity index (χ1) is 10.0. The van der Waals surface area contributed by atoms with Crippen molar-refractivity contribution in [1.82, 2.24) is 5.16 Å². The van der Waals surface area contributed by atoms with Crippen molar-refractivity contribution in [2.24, 2.45) is 0 Å². The number of aryl methyl sites for hydroxylation is 1. The molecule has 1 aromatic carbocycles. The third-order valence-corrected chi connectivity index (χ3v) is 3.34. The number of benzene rings is 1. The Morgan fingerprint density at radius 3 is 2.90 bits per heavy atom. The van der Waals surface area contributed by atoms with Crippen LogP contribution < -0.4 is 4.90 Å². The number of rotatable bonds is 3. The molecule has 21 heavy (non-hydrogen) atoms. The summed E-state index contributed by atoms with van der Waals surface area (Å²) in [5.41, 5.74) is 1.13. The molecule has 0 aliphatic carbocycles. The maximum Gasteiger partial charge on any atom is 0.358 e. The number of nitrogens with zero attached hydrogens (tertiary/aromatic N) is 2. The molecule has 0 saturated heterocycles. The first kappa shape index (κ1) is 13.3. The van der Waals surface area contributed by atoms with E-state index >= 15 is 0 Å². The van der Waals surface area contributed by atoms with E-state index in [0.29, 0.717) is 18.5 Å². The van der Waals surface area contributed by atoms with Crippen molar-refractivity contribution >= 4 is 17.6 Å². The minimum atomic E-state index is -1.21. The Kier molecular flexibility index (Phi) is 3.17. The van der Waals surface area contributed by atoms with Crippen LogP contribution in [0.4, 0.5) is 10.1 Å². The number of anilines is 1. The second-order valence-electron chi connectivity index (χ2n) is 4.74. The van der Waals surface area contributed by atoms with E-state index in [0.717, 1.165) is 5.56 Å². The van der Waals surface area contributed by atoms with Crippen LogP contribution >= 0.6 is 0 Å². The topological polar surface area (TPSA) is 83.6 Å². The van der Waals surface area contributed by atoms with Gasteiger partial charge in [0.1, 0.15) is 5.82 Å². The van der Waals surface area contributed by atoms with E-state index in [4.69, 9.17) is 9.63 Å². The van der Waals surface area contributed by atoms with Crippen molar-refractivity contribution in [2.75, 3.05) is 4.90 Å². The quantitative estimate of drug-likeness (QED) is 0.934. The number of carboxylic acids is 1. The van der Waals surface area contributed by atoms with Gasteiger partial charge >= 0.3 is 5.97 Å². The predicted octanol–water partition coefficient (Wildman–Crippen LogP) is 1.99. The Bertz CT molecular complexity index is 726. The van der Waals surface area contributed by atoms with Gasteiger partial charge in [-0.1, -0.05) is 11.2 Å². The number of carbonyl (C=O) groups excluding carboxylic acids is 1. The smallest absolute Gasteiger partial charge is 0.358 e.